The molecule has 2 aliphatic heterocycles. The topological polar surface area (TPSA) is 71.5 Å². The van der Waals surface area contributed by atoms with Gasteiger partial charge in [-0.3, -0.25) is 0 Å². The third-order valence-electron chi connectivity index (χ3n) is 5.69. The molecule has 2 bridgehead atoms. The van der Waals surface area contributed by atoms with Gasteiger partial charge in [-0.1, -0.05) is 41.9 Å². The van der Waals surface area contributed by atoms with Gasteiger partial charge in [0.15, 0.2) is 9.84 Å². The van der Waals surface area contributed by atoms with E-state index in [0.29, 0.717) is 41.2 Å². The van der Waals surface area contributed by atoms with Gasteiger partial charge in [-0.2, -0.15) is 4.31 Å². The van der Waals surface area contributed by atoms with E-state index in [1.807, 2.05) is 0 Å². The number of hydrogen-bond acceptors (Lipinski definition) is 4. The van der Waals surface area contributed by atoms with E-state index in [1.54, 1.807) is 58.9 Å². The molecule has 2 aromatic carbocycles. The highest BCUT2D eigenvalue weighted by atomic mass is 35.5. The van der Waals surface area contributed by atoms with E-state index in [1.165, 1.54) is 0 Å². The highest BCUT2D eigenvalue weighted by molar-refractivity contribution is 7.92. The van der Waals surface area contributed by atoms with Crippen LogP contribution in [0.2, 0.25) is 5.02 Å². The van der Waals surface area contributed by atoms with Crippen LogP contribution in [0.3, 0.4) is 0 Å². The zero-order chi connectivity index (χ0) is 19.9. The second-order valence-corrected chi connectivity index (χ2v) is 12.1. The van der Waals surface area contributed by atoms with Crippen LogP contribution in [-0.4, -0.2) is 38.5 Å². The first-order valence-electron chi connectivity index (χ1n) is 9.32. The van der Waals surface area contributed by atoms with Gasteiger partial charge in [-0.05, 0) is 55.5 Å². The van der Waals surface area contributed by atoms with E-state index in [-0.39, 0.29) is 17.8 Å². The molecule has 2 saturated heterocycles. The molecule has 0 aromatic heterocycles. The van der Waals surface area contributed by atoms with Crippen molar-refractivity contribution < 1.29 is 16.8 Å². The summed E-state index contributed by atoms with van der Waals surface area (Å²) in [6.45, 7) is 0. The fraction of sp³-hybridized carbons (Fsp3) is 0.400. The lowest BCUT2D eigenvalue weighted by atomic mass is 10.1. The van der Waals surface area contributed by atoms with Crippen molar-refractivity contribution in [2.45, 2.75) is 53.7 Å². The van der Waals surface area contributed by atoms with E-state index in [0.717, 1.165) is 0 Å². The van der Waals surface area contributed by atoms with Crippen LogP contribution >= 0.6 is 11.6 Å². The number of sulfone groups is 1. The average Bonchev–Trinajstić information content (AvgIpc) is 2.93. The molecule has 28 heavy (non-hydrogen) atoms. The molecule has 8 heteroatoms. The molecule has 2 aromatic rings. The number of nitrogens with zero attached hydrogens (tertiary/aromatic N) is 1. The minimum absolute atomic E-state index is 0.114. The molecule has 2 aliphatic rings. The Hall–Kier alpha value is -1.41. The standard InChI is InChI=1S/C20H22ClNO4S2/c21-16-6-4-5-15(11-16)14-27(23,24)22-17-9-10-18(22)13-20(12-17)28(25,26)19-7-2-1-3-8-19/h1-8,11,17-18,20H,9-10,12-14H2. The summed E-state index contributed by atoms with van der Waals surface area (Å²) in [6, 6.07) is 14.8. The quantitative estimate of drug-likeness (QED) is 0.713. The lowest BCUT2D eigenvalue weighted by Crippen LogP contribution is -2.49. The number of sulfonamides is 1. The normalized spacial score (nSPS) is 25.7. The van der Waals surface area contributed by atoms with E-state index in [9.17, 15) is 16.8 Å². The highest BCUT2D eigenvalue weighted by Crippen LogP contribution is 2.42. The minimum Gasteiger partial charge on any atom is -0.223 e. The lowest BCUT2D eigenvalue weighted by Gasteiger charge is -2.37. The zero-order valence-electron chi connectivity index (χ0n) is 15.2. The summed E-state index contributed by atoms with van der Waals surface area (Å²) in [7, 11) is -7.00. The predicted molar refractivity (Wildman–Crippen MR) is 109 cm³/mol. The molecule has 0 aliphatic carbocycles. The molecule has 0 amide bonds. The van der Waals surface area contributed by atoms with Crippen molar-refractivity contribution in [2.75, 3.05) is 0 Å². The lowest BCUT2D eigenvalue weighted by molar-refractivity contribution is 0.248. The van der Waals surface area contributed by atoms with Crippen LogP contribution in [0.5, 0.6) is 0 Å². The SMILES string of the molecule is O=S(=O)(c1ccccc1)C1CC2CCC(C1)N2S(=O)(=O)Cc1cccc(Cl)c1. The van der Waals surface area contributed by atoms with Crippen molar-refractivity contribution in [3.05, 3.63) is 65.2 Å². The van der Waals surface area contributed by atoms with Gasteiger partial charge in [0.05, 0.1) is 15.9 Å². The smallest absolute Gasteiger partial charge is 0.218 e. The Labute approximate surface area is 171 Å². The van der Waals surface area contributed by atoms with Crippen molar-refractivity contribution in [3.8, 4) is 0 Å². The van der Waals surface area contributed by atoms with Gasteiger partial charge in [0.1, 0.15) is 0 Å². The molecule has 0 radical (unpaired) electrons. The second-order valence-electron chi connectivity index (χ2n) is 7.55. The number of halogens is 1. The van der Waals surface area contributed by atoms with Gasteiger partial charge in [-0.25, -0.2) is 16.8 Å². The fourth-order valence-electron chi connectivity index (χ4n) is 4.51. The Morgan fingerprint density at radius 3 is 2.14 bits per heavy atom. The van der Waals surface area contributed by atoms with Crippen LogP contribution in [0.15, 0.2) is 59.5 Å². The Morgan fingerprint density at radius 1 is 0.893 bits per heavy atom. The molecule has 0 spiro atoms. The first kappa shape index (κ1) is 19.9. The van der Waals surface area contributed by atoms with Gasteiger partial charge in [0.2, 0.25) is 10.0 Å². The van der Waals surface area contributed by atoms with Gasteiger partial charge < -0.3 is 0 Å². The molecule has 5 nitrogen and oxygen atoms in total. The average molecular weight is 440 g/mol. The number of piperidine rings is 1. The first-order chi connectivity index (χ1) is 13.3. The third-order valence-corrected chi connectivity index (χ3v) is 10.1. The molecule has 2 atom stereocenters. The Morgan fingerprint density at radius 2 is 1.54 bits per heavy atom. The molecule has 0 N–H and O–H groups in total. The Kier molecular flexibility index (Phi) is 5.29. The zero-order valence-corrected chi connectivity index (χ0v) is 17.6. The van der Waals surface area contributed by atoms with Crippen LogP contribution < -0.4 is 0 Å². The first-order valence-corrected chi connectivity index (χ1v) is 12.9. The second kappa shape index (κ2) is 7.44. The predicted octanol–water partition coefficient (Wildman–Crippen LogP) is 3.64. The summed E-state index contributed by atoms with van der Waals surface area (Å²) in [6.07, 6.45) is 2.12. The number of benzene rings is 2. The molecular formula is C20H22ClNO4S2. The summed E-state index contributed by atoms with van der Waals surface area (Å²) in [5, 5.41) is -0.0339. The maximum absolute atomic E-state index is 13.1. The van der Waals surface area contributed by atoms with Crippen molar-refractivity contribution in [2.24, 2.45) is 0 Å². The van der Waals surface area contributed by atoms with Crippen LogP contribution in [0, 0.1) is 0 Å². The third kappa shape index (κ3) is 3.73. The monoisotopic (exact) mass is 439 g/mol. The van der Waals surface area contributed by atoms with Crippen molar-refractivity contribution in [1.29, 1.82) is 0 Å². The molecule has 0 saturated carbocycles. The number of fused-ring (bicyclic) bond motifs is 2. The molecule has 4 rings (SSSR count). The van der Waals surface area contributed by atoms with E-state index < -0.39 is 25.1 Å². The number of rotatable bonds is 5. The van der Waals surface area contributed by atoms with Crippen LogP contribution in [0.1, 0.15) is 31.2 Å². The van der Waals surface area contributed by atoms with E-state index in [2.05, 4.69) is 0 Å². The Bertz CT molecular complexity index is 1060. The highest BCUT2D eigenvalue weighted by Gasteiger charge is 2.49. The van der Waals surface area contributed by atoms with E-state index in [4.69, 9.17) is 11.6 Å². The van der Waals surface area contributed by atoms with Gasteiger partial charge >= 0.3 is 0 Å². The van der Waals surface area contributed by atoms with Gasteiger partial charge in [0.25, 0.3) is 0 Å². The molecular weight excluding hydrogens is 418 g/mol. The van der Waals surface area contributed by atoms with Crippen LogP contribution in [0.25, 0.3) is 0 Å². The molecule has 150 valence electrons. The van der Waals surface area contributed by atoms with Crippen LogP contribution in [0.4, 0.5) is 0 Å². The number of hydrogen-bond donors (Lipinski definition) is 0. The summed E-state index contributed by atoms with van der Waals surface area (Å²) in [5.41, 5.74) is 0.644. The largest absolute Gasteiger partial charge is 0.223 e. The van der Waals surface area contributed by atoms with Crippen molar-refractivity contribution >= 4 is 31.5 Å². The van der Waals surface area contributed by atoms with Gasteiger partial charge in [-0.15, -0.1) is 0 Å². The van der Waals surface area contributed by atoms with Crippen LogP contribution in [-0.2, 0) is 25.6 Å². The molecule has 2 unspecified atom stereocenters. The summed E-state index contributed by atoms with van der Waals surface area (Å²) in [4.78, 5) is 0.314. The Balaban J connectivity index is 1.56. The van der Waals surface area contributed by atoms with E-state index >= 15 is 0 Å². The van der Waals surface area contributed by atoms with Gasteiger partial charge in [0, 0.05) is 17.1 Å². The van der Waals surface area contributed by atoms with Crippen molar-refractivity contribution in [3.63, 3.8) is 0 Å². The fourth-order valence-corrected chi connectivity index (χ4v) is 8.63. The summed E-state index contributed by atoms with van der Waals surface area (Å²) >= 11 is 5.98. The molecule has 2 heterocycles. The van der Waals surface area contributed by atoms with Crippen molar-refractivity contribution in [1.82, 2.24) is 4.31 Å². The minimum atomic E-state index is -3.54. The molecule has 2 fully saturated rings. The maximum atomic E-state index is 13.1. The summed E-state index contributed by atoms with van der Waals surface area (Å²) < 4.78 is 53.8. The summed E-state index contributed by atoms with van der Waals surface area (Å²) in [5.74, 6) is -0.114. The maximum Gasteiger partial charge on any atom is 0.218 e.